The third-order valence-electron chi connectivity index (χ3n) is 7.81. The zero-order valence-corrected chi connectivity index (χ0v) is 22.5. The van der Waals surface area contributed by atoms with Gasteiger partial charge in [-0.15, -0.1) is 0 Å². The van der Waals surface area contributed by atoms with E-state index in [1.807, 2.05) is 42.5 Å². The Hall–Kier alpha value is -4.19. The van der Waals surface area contributed by atoms with Crippen LogP contribution in [0.2, 0.25) is 0 Å². The van der Waals surface area contributed by atoms with Crippen LogP contribution in [0.4, 0.5) is 0 Å². The maximum Gasteiger partial charge on any atom is 0.335 e. The Labute approximate surface area is 228 Å². The van der Waals surface area contributed by atoms with Gasteiger partial charge in [0.1, 0.15) is 5.76 Å². The number of rotatable bonds is 5. The van der Waals surface area contributed by atoms with Gasteiger partial charge in [-0.1, -0.05) is 69.3 Å². The summed E-state index contributed by atoms with van der Waals surface area (Å²) < 4.78 is 0. The van der Waals surface area contributed by atoms with Crippen LogP contribution in [0.3, 0.4) is 0 Å². The lowest BCUT2D eigenvalue weighted by molar-refractivity contribution is -0.140. The number of aryl methyl sites for hydroxylation is 2. The molecule has 1 aliphatic heterocycles. The molecule has 0 saturated carbocycles. The highest BCUT2D eigenvalue weighted by Crippen LogP contribution is 2.41. The van der Waals surface area contributed by atoms with Crippen molar-refractivity contribution in [3.63, 3.8) is 0 Å². The largest absolute Gasteiger partial charge is 0.507 e. The third-order valence-corrected chi connectivity index (χ3v) is 7.81. The van der Waals surface area contributed by atoms with Gasteiger partial charge in [0.05, 0.1) is 17.2 Å². The molecule has 0 bridgehead atoms. The minimum atomic E-state index is -1.04. The Morgan fingerprint density at radius 2 is 1.46 bits per heavy atom. The Morgan fingerprint density at radius 3 is 2.08 bits per heavy atom. The summed E-state index contributed by atoms with van der Waals surface area (Å²) in [5, 5.41) is 20.8. The number of carbonyl (C=O) groups is 3. The smallest absolute Gasteiger partial charge is 0.335 e. The van der Waals surface area contributed by atoms with Crippen molar-refractivity contribution in [2.45, 2.75) is 64.5 Å². The van der Waals surface area contributed by atoms with E-state index in [2.05, 4.69) is 20.8 Å². The Morgan fingerprint density at radius 1 is 0.846 bits per heavy atom. The molecule has 1 heterocycles. The number of fused-ring (bicyclic) bond motifs is 1. The first-order chi connectivity index (χ1) is 18.5. The highest BCUT2D eigenvalue weighted by molar-refractivity contribution is 6.46. The highest BCUT2D eigenvalue weighted by Gasteiger charge is 2.46. The molecule has 2 N–H and O–H groups in total. The van der Waals surface area contributed by atoms with Crippen LogP contribution in [0.25, 0.3) is 5.76 Å². The Balaban J connectivity index is 1.60. The SMILES string of the molecule is CC(C)(C)c1ccc(C2/C(=C(/O)c3ccc4c(c3)CCCC4)C(=O)C(=O)N2Cc2ccc(C(=O)O)cc2)cc1. The van der Waals surface area contributed by atoms with Gasteiger partial charge >= 0.3 is 5.97 Å². The van der Waals surface area contributed by atoms with Gasteiger partial charge in [-0.05, 0) is 77.1 Å². The number of ketones is 1. The van der Waals surface area contributed by atoms with E-state index in [1.165, 1.54) is 28.2 Å². The second-order valence-corrected chi connectivity index (χ2v) is 11.5. The number of carbonyl (C=O) groups excluding carboxylic acids is 2. The van der Waals surface area contributed by atoms with Gasteiger partial charge in [-0.3, -0.25) is 9.59 Å². The molecule has 39 heavy (non-hydrogen) atoms. The first-order valence-electron chi connectivity index (χ1n) is 13.4. The van der Waals surface area contributed by atoms with Crippen molar-refractivity contribution in [1.29, 1.82) is 0 Å². The molecule has 3 aromatic carbocycles. The van der Waals surface area contributed by atoms with Crippen molar-refractivity contribution in [2.24, 2.45) is 0 Å². The number of benzene rings is 3. The molecule has 1 unspecified atom stereocenters. The van der Waals surface area contributed by atoms with Crippen molar-refractivity contribution < 1.29 is 24.6 Å². The van der Waals surface area contributed by atoms with Crippen molar-refractivity contribution >= 4 is 23.4 Å². The van der Waals surface area contributed by atoms with Gasteiger partial charge in [0.25, 0.3) is 11.7 Å². The molecule has 0 spiro atoms. The minimum absolute atomic E-state index is 0.0708. The molecule has 1 atom stereocenters. The van der Waals surface area contributed by atoms with Crippen LogP contribution in [0, 0.1) is 0 Å². The number of hydrogen-bond acceptors (Lipinski definition) is 4. The summed E-state index contributed by atoms with van der Waals surface area (Å²) >= 11 is 0. The number of likely N-dealkylation sites (tertiary alicyclic amines) is 1. The van der Waals surface area contributed by atoms with Crippen molar-refractivity contribution in [3.8, 4) is 0 Å². The minimum Gasteiger partial charge on any atom is -0.507 e. The van der Waals surface area contributed by atoms with E-state index in [0.29, 0.717) is 11.1 Å². The summed E-state index contributed by atoms with van der Waals surface area (Å²) in [6.45, 7) is 6.44. The molecule has 1 amide bonds. The highest BCUT2D eigenvalue weighted by atomic mass is 16.4. The molecular weight excluding hydrogens is 490 g/mol. The molecule has 6 heteroatoms. The van der Waals surface area contributed by atoms with E-state index in [1.54, 1.807) is 12.1 Å². The number of Topliss-reactive ketones (excluding diaryl/α,β-unsaturated/α-hetero) is 1. The van der Waals surface area contributed by atoms with Gasteiger partial charge in [0.15, 0.2) is 0 Å². The molecule has 3 aromatic rings. The average molecular weight is 524 g/mol. The molecular formula is C33H33NO5. The molecule has 2 aliphatic rings. The maximum absolute atomic E-state index is 13.5. The number of aliphatic hydroxyl groups excluding tert-OH is 1. The number of carboxylic acids is 1. The zero-order valence-electron chi connectivity index (χ0n) is 22.5. The molecule has 5 rings (SSSR count). The predicted octanol–water partition coefficient (Wildman–Crippen LogP) is 6.18. The van der Waals surface area contributed by atoms with Crippen LogP contribution >= 0.6 is 0 Å². The van der Waals surface area contributed by atoms with Crippen molar-refractivity contribution in [1.82, 2.24) is 4.90 Å². The Bertz CT molecular complexity index is 1480. The maximum atomic E-state index is 13.5. The van der Waals surface area contributed by atoms with Crippen molar-refractivity contribution in [2.75, 3.05) is 0 Å². The van der Waals surface area contributed by atoms with Gasteiger partial charge in [-0.2, -0.15) is 0 Å². The predicted molar refractivity (Wildman–Crippen MR) is 149 cm³/mol. The number of amides is 1. The fourth-order valence-corrected chi connectivity index (χ4v) is 5.54. The fourth-order valence-electron chi connectivity index (χ4n) is 5.54. The van der Waals surface area contributed by atoms with E-state index in [4.69, 9.17) is 0 Å². The second kappa shape index (κ2) is 10.2. The molecule has 6 nitrogen and oxygen atoms in total. The number of aromatic carboxylic acids is 1. The lowest BCUT2D eigenvalue weighted by Crippen LogP contribution is -2.29. The van der Waals surface area contributed by atoms with E-state index in [9.17, 15) is 24.6 Å². The van der Waals surface area contributed by atoms with E-state index < -0.39 is 23.7 Å². The lowest BCUT2D eigenvalue weighted by Gasteiger charge is -2.27. The quantitative estimate of drug-likeness (QED) is 0.236. The number of aliphatic hydroxyl groups is 1. The molecule has 1 aliphatic carbocycles. The third kappa shape index (κ3) is 5.11. The van der Waals surface area contributed by atoms with Gasteiger partial charge in [0.2, 0.25) is 0 Å². The van der Waals surface area contributed by atoms with Crippen LogP contribution in [0.1, 0.15) is 83.4 Å². The van der Waals surface area contributed by atoms with Crippen LogP contribution in [-0.4, -0.2) is 32.8 Å². The van der Waals surface area contributed by atoms with Crippen LogP contribution < -0.4 is 0 Å². The fraction of sp³-hybridized carbons (Fsp3) is 0.303. The van der Waals surface area contributed by atoms with E-state index in [0.717, 1.165) is 36.8 Å². The standard InChI is InChI=1S/C33H33NO5/c1-33(2,3)26-16-14-22(15-17-26)28-27(29(35)25-13-12-21-6-4-5-7-24(21)18-25)30(36)31(37)34(28)19-20-8-10-23(11-9-20)32(38)39/h8-18,28,35H,4-7,19H2,1-3H3,(H,38,39)/b29-27-. The topological polar surface area (TPSA) is 94.9 Å². The van der Waals surface area contributed by atoms with Crippen molar-refractivity contribution in [3.05, 3.63) is 111 Å². The summed E-state index contributed by atoms with van der Waals surface area (Å²) in [5.74, 6) is -2.62. The molecule has 1 saturated heterocycles. The Kier molecular flexibility index (Phi) is 6.89. The van der Waals surface area contributed by atoms with E-state index >= 15 is 0 Å². The summed E-state index contributed by atoms with van der Waals surface area (Å²) in [6.07, 6.45) is 4.15. The zero-order chi connectivity index (χ0) is 27.9. The molecule has 1 fully saturated rings. The van der Waals surface area contributed by atoms with Crippen LogP contribution in [0.5, 0.6) is 0 Å². The first-order valence-corrected chi connectivity index (χ1v) is 13.4. The number of carboxylic acid groups (broad SMARTS) is 1. The van der Waals surface area contributed by atoms with Gasteiger partial charge in [-0.25, -0.2) is 4.79 Å². The monoisotopic (exact) mass is 523 g/mol. The van der Waals surface area contributed by atoms with Gasteiger partial charge < -0.3 is 15.1 Å². The number of hydrogen-bond donors (Lipinski definition) is 2. The summed E-state index contributed by atoms with van der Waals surface area (Å²) in [6, 6.07) is 19.1. The van der Waals surface area contributed by atoms with Crippen LogP contribution in [0.15, 0.2) is 72.3 Å². The number of nitrogens with zero attached hydrogens (tertiary/aromatic N) is 1. The first kappa shape index (κ1) is 26.4. The normalized spacial score (nSPS) is 18.7. The summed E-state index contributed by atoms with van der Waals surface area (Å²) in [7, 11) is 0. The summed E-state index contributed by atoms with van der Waals surface area (Å²) in [4.78, 5) is 39.6. The average Bonchev–Trinajstić information content (AvgIpc) is 3.17. The van der Waals surface area contributed by atoms with E-state index in [-0.39, 0.29) is 28.9 Å². The molecule has 0 radical (unpaired) electrons. The van der Waals surface area contributed by atoms with Crippen LogP contribution in [-0.2, 0) is 34.4 Å². The lowest BCUT2D eigenvalue weighted by atomic mass is 9.85. The second-order valence-electron chi connectivity index (χ2n) is 11.5. The molecule has 0 aromatic heterocycles. The molecule has 200 valence electrons. The van der Waals surface area contributed by atoms with Gasteiger partial charge in [0, 0.05) is 12.1 Å². The summed E-state index contributed by atoms with van der Waals surface area (Å²) in [5.41, 5.74) is 5.63.